The van der Waals surface area contributed by atoms with Gasteiger partial charge in [-0.15, -0.1) is 11.6 Å². The highest BCUT2D eigenvalue weighted by Gasteiger charge is 2.21. The molecular weight excluding hydrogens is 339 g/mol. The monoisotopic (exact) mass is 354 g/mol. The van der Waals surface area contributed by atoms with Gasteiger partial charge in [-0.3, -0.25) is 0 Å². The summed E-state index contributed by atoms with van der Waals surface area (Å²) in [5, 5.41) is -0.471. The molecule has 0 aliphatic rings. The van der Waals surface area contributed by atoms with Gasteiger partial charge in [-0.05, 0) is 67.6 Å². The third-order valence-electron chi connectivity index (χ3n) is 3.91. The van der Waals surface area contributed by atoms with Gasteiger partial charge in [-0.2, -0.15) is 0 Å². The molecule has 0 aliphatic carbocycles. The lowest BCUT2D eigenvalue weighted by atomic mass is 9.90. The first-order valence-corrected chi connectivity index (χ1v) is 7.72. The van der Waals surface area contributed by atoms with Gasteiger partial charge in [-0.25, -0.2) is 4.39 Å². The van der Waals surface area contributed by atoms with Crippen LogP contribution in [-0.4, -0.2) is 0 Å². The van der Waals surface area contributed by atoms with Gasteiger partial charge >= 0.3 is 0 Å². The summed E-state index contributed by atoms with van der Waals surface area (Å²) in [5.74, 6) is -0.280. The molecule has 0 radical (unpaired) electrons. The molecule has 20 heavy (non-hydrogen) atoms. The van der Waals surface area contributed by atoms with Crippen LogP contribution >= 0.6 is 27.5 Å². The molecule has 0 heterocycles. The minimum atomic E-state index is -0.471. The van der Waals surface area contributed by atoms with E-state index in [2.05, 4.69) is 35.8 Å². The molecule has 0 bridgehead atoms. The van der Waals surface area contributed by atoms with Crippen molar-refractivity contribution in [3.63, 3.8) is 0 Å². The zero-order chi connectivity index (χ0) is 15.0. The zero-order valence-corrected chi connectivity index (χ0v) is 14.4. The SMILES string of the molecule is Cc1cc(C)c(C)c(C(Cl)c2ccc(Br)cc2F)c1C. The fourth-order valence-corrected chi connectivity index (χ4v) is 3.33. The first-order chi connectivity index (χ1) is 9.32. The maximum absolute atomic E-state index is 14.1. The molecule has 0 saturated heterocycles. The van der Waals surface area contributed by atoms with Crippen molar-refractivity contribution in [2.45, 2.75) is 33.1 Å². The molecule has 0 nitrogen and oxygen atoms in total. The summed E-state index contributed by atoms with van der Waals surface area (Å²) < 4.78 is 14.9. The summed E-state index contributed by atoms with van der Waals surface area (Å²) in [7, 11) is 0. The van der Waals surface area contributed by atoms with E-state index in [0.717, 1.165) is 21.2 Å². The van der Waals surface area contributed by atoms with E-state index in [1.807, 2.05) is 19.9 Å². The third-order valence-corrected chi connectivity index (χ3v) is 4.86. The van der Waals surface area contributed by atoms with Gasteiger partial charge in [0.2, 0.25) is 0 Å². The molecule has 1 atom stereocenters. The van der Waals surface area contributed by atoms with Crippen molar-refractivity contribution in [1.29, 1.82) is 0 Å². The quantitative estimate of drug-likeness (QED) is 0.567. The molecule has 0 saturated carbocycles. The molecule has 2 aromatic rings. The predicted molar refractivity (Wildman–Crippen MR) is 87.2 cm³/mol. The van der Waals surface area contributed by atoms with Crippen LogP contribution in [0.4, 0.5) is 4.39 Å². The fraction of sp³-hybridized carbons (Fsp3) is 0.294. The van der Waals surface area contributed by atoms with Gasteiger partial charge in [0.1, 0.15) is 5.82 Å². The van der Waals surface area contributed by atoms with Crippen molar-refractivity contribution < 1.29 is 4.39 Å². The standard InChI is InChI=1S/C17H17BrClF/c1-9-7-10(2)12(4)16(11(9)3)17(19)14-6-5-13(18)8-15(14)20/h5-8,17H,1-4H3. The average molecular weight is 356 g/mol. The average Bonchev–Trinajstić information content (AvgIpc) is 2.36. The molecule has 0 N–H and O–H groups in total. The van der Waals surface area contributed by atoms with Gasteiger partial charge in [0.05, 0.1) is 5.38 Å². The Balaban J connectivity index is 2.62. The highest BCUT2D eigenvalue weighted by molar-refractivity contribution is 9.10. The van der Waals surface area contributed by atoms with Crippen LogP contribution in [0.1, 0.15) is 38.8 Å². The Kier molecular flexibility index (Phi) is 4.55. The fourth-order valence-electron chi connectivity index (χ4n) is 2.49. The van der Waals surface area contributed by atoms with Crippen LogP contribution in [0.25, 0.3) is 0 Å². The number of alkyl halides is 1. The van der Waals surface area contributed by atoms with Crippen molar-refractivity contribution in [2.75, 3.05) is 0 Å². The second-order valence-electron chi connectivity index (χ2n) is 5.20. The molecule has 2 aromatic carbocycles. The van der Waals surface area contributed by atoms with Crippen molar-refractivity contribution in [1.82, 2.24) is 0 Å². The van der Waals surface area contributed by atoms with E-state index >= 15 is 0 Å². The Bertz CT molecular complexity index is 638. The Morgan fingerprint density at radius 2 is 1.55 bits per heavy atom. The predicted octanol–water partition coefficient (Wildman–Crippen LogP) is 6.15. The lowest BCUT2D eigenvalue weighted by molar-refractivity contribution is 0.611. The maximum atomic E-state index is 14.1. The van der Waals surface area contributed by atoms with Crippen molar-refractivity contribution >= 4 is 27.5 Å². The van der Waals surface area contributed by atoms with E-state index in [1.165, 1.54) is 17.2 Å². The minimum Gasteiger partial charge on any atom is -0.207 e. The maximum Gasteiger partial charge on any atom is 0.129 e. The number of hydrogen-bond donors (Lipinski definition) is 0. The molecular formula is C17H17BrClF. The number of aryl methyl sites for hydroxylation is 2. The van der Waals surface area contributed by atoms with Gasteiger partial charge in [0.25, 0.3) is 0 Å². The summed E-state index contributed by atoms with van der Waals surface area (Å²) in [4.78, 5) is 0. The smallest absolute Gasteiger partial charge is 0.129 e. The van der Waals surface area contributed by atoms with E-state index in [1.54, 1.807) is 6.07 Å². The van der Waals surface area contributed by atoms with Gasteiger partial charge in [0, 0.05) is 10.0 Å². The summed E-state index contributed by atoms with van der Waals surface area (Å²) in [6.07, 6.45) is 0. The van der Waals surface area contributed by atoms with Crippen LogP contribution in [0, 0.1) is 33.5 Å². The van der Waals surface area contributed by atoms with E-state index in [4.69, 9.17) is 11.6 Å². The van der Waals surface area contributed by atoms with Gasteiger partial charge < -0.3 is 0 Å². The largest absolute Gasteiger partial charge is 0.207 e. The third kappa shape index (κ3) is 2.77. The molecule has 106 valence electrons. The molecule has 2 rings (SSSR count). The second kappa shape index (κ2) is 5.87. The van der Waals surface area contributed by atoms with E-state index in [9.17, 15) is 4.39 Å². The van der Waals surface area contributed by atoms with Crippen molar-refractivity contribution in [3.8, 4) is 0 Å². The summed E-state index contributed by atoms with van der Waals surface area (Å²) >= 11 is 9.86. The molecule has 0 fully saturated rings. The van der Waals surface area contributed by atoms with Crippen molar-refractivity contribution in [2.24, 2.45) is 0 Å². The minimum absolute atomic E-state index is 0.280. The number of benzene rings is 2. The van der Waals surface area contributed by atoms with E-state index in [-0.39, 0.29) is 5.82 Å². The highest BCUT2D eigenvalue weighted by atomic mass is 79.9. The first-order valence-electron chi connectivity index (χ1n) is 6.49. The van der Waals surface area contributed by atoms with Crippen LogP contribution in [0.15, 0.2) is 28.7 Å². The normalized spacial score (nSPS) is 12.6. The van der Waals surface area contributed by atoms with Gasteiger partial charge in [-0.1, -0.05) is 28.1 Å². The highest BCUT2D eigenvalue weighted by Crippen LogP contribution is 2.37. The molecule has 0 spiro atoms. The summed E-state index contributed by atoms with van der Waals surface area (Å²) in [6.45, 7) is 8.21. The lowest BCUT2D eigenvalue weighted by Crippen LogP contribution is -2.05. The lowest BCUT2D eigenvalue weighted by Gasteiger charge is -2.20. The number of hydrogen-bond acceptors (Lipinski definition) is 0. The Hall–Kier alpha value is -0.860. The van der Waals surface area contributed by atoms with Crippen molar-refractivity contribution in [3.05, 3.63) is 67.9 Å². The Morgan fingerprint density at radius 1 is 1.00 bits per heavy atom. The summed E-state index contributed by atoms with van der Waals surface area (Å²) in [6, 6.07) is 7.17. The van der Waals surface area contributed by atoms with Crippen LogP contribution < -0.4 is 0 Å². The zero-order valence-electron chi connectivity index (χ0n) is 12.0. The topological polar surface area (TPSA) is 0 Å². The number of rotatable bonds is 2. The Labute approximate surface area is 133 Å². The molecule has 0 aliphatic heterocycles. The second-order valence-corrected chi connectivity index (χ2v) is 6.55. The van der Waals surface area contributed by atoms with Crippen LogP contribution in [0.3, 0.4) is 0 Å². The molecule has 1 unspecified atom stereocenters. The molecule has 3 heteroatoms. The van der Waals surface area contributed by atoms with Crippen LogP contribution in [-0.2, 0) is 0 Å². The molecule has 0 aromatic heterocycles. The number of halogens is 3. The first kappa shape index (κ1) is 15.5. The van der Waals surface area contributed by atoms with Gasteiger partial charge in [0.15, 0.2) is 0 Å². The van der Waals surface area contributed by atoms with Crippen LogP contribution in [0.5, 0.6) is 0 Å². The van der Waals surface area contributed by atoms with E-state index < -0.39 is 5.38 Å². The molecule has 0 amide bonds. The van der Waals surface area contributed by atoms with E-state index in [0.29, 0.717) is 5.56 Å². The van der Waals surface area contributed by atoms with Crippen LogP contribution in [0.2, 0.25) is 0 Å². The summed E-state index contributed by atoms with van der Waals surface area (Å²) in [5.41, 5.74) is 6.18. The Morgan fingerprint density at radius 3 is 2.05 bits per heavy atom.